The summed E-state index contributed by atoms with van der Waals surface area (Å²) in [5.41, 5.74) is 6.04. The number of rotatable bonds is 4. The minimum absolute atomic E-state index is 0.131. The molecular formula is C13H25N3O2. The van der Waals surface area contributed by atoms with Crippen molar-refractivity contribution in [2.45, 2.75) is 38.8 Å². The molecule has 0 aromatic heterocycles. The second kappa shape index (κ2) is 5.45. The standard InChI is InChI=1S/C13H25N3O2/c1-13(2)10(9-5-4-7-18-11(9)13)16-12(14)15-6-8-17-3/h9-11H,4-8H2,1-3H3,(H3,14,15,16). The van der Waals surface area contributed by atoms with Gasteiger partial charge in [-0.3, -0.25) is 4.99 Å². The third-order valence-electron chi connectivity index (χ3n) is 4.21. The molecule has 3 N–H and O–H groups in total. The van der Waals surface area contributed by atoms with Crippen LogP contribution >= 0.6 is 0 Å². The lowest BCUT2D eigenvalue weighted by atomic mass is 9.55. The summed E-state index contributed by atoms with van der Waals surface area (Å²) < 4.78 is 10.8. The van der Waals surface area contributed by atoms with Crippen LogP contribution in [0.25, 0.3) is 0 Å². The van der Waals surface area contributed by atoms with Crippen LogP contribution in [-0.4, -0.2) is 45.0 Å². The second-order valence-electron chi connectivity index (χ2n) is 5.80. The molecule has 0 amide bonds. The molecule has 5 nitrogen and oxygen atoms in total. The SMILES string of the molecule is COCCN=C(N)NC1C2CCCOC2C1(C)C. The smallest absolute Gasteiger partial charge is 0.188 e. The van der Waals surface area contributed by atoms with Gasteiger partial charge in [-0.2, -0.15) is 0 Å². The summed E-state index contributed by atoms with van der Waals surface area (Å²) in [6, 6.07) is 0.370. The number of fused-ring (bicyclic) bond motifs is 1. The number of aliphatic imine (C=N–C) groups is 1. The Morgan fingerprint density at radius 3 is 3.06 bits per heavy atom. The molecule has 2 aliphatic rings. The van der Waals surface area contributed by atoms with Crippen LogP contribution in [0, 0.1) is 11.3 Å². The summed E-state index contributed by atoms with van der Waals surface area (Å²) in [7, 11) is 1.66. The number of guanidine groups is 1. The summed E-state index contributed by atoms with van der Waals surface area (Å²) in [6.45, 7) is 6.58. The molecular weight excluding hydrogens is 230 g/mol. The maximum Gasteiger partial charge on any atom is 0.188 e. The van der Waals surface area contributed by atoms with E-state index in [-0.39, 0.29) is 5.41 Å². The van der Waals surface area contributed by atoms with Crippen LogP contribution < -0.4 is 11.1 Å². The fourth-order valence-corrected chi connectivity index (χ4v) is 3.28. The average molecular weight is 255 g/mol. The topological polar surface area (TPSA) is 68.9 Å². The molecule has 0 aromatic rings. The van der Waals surface area contributed by atoms with Crippen molar-refractivity contribution in [1.29, 1.82) is 0 Å². The number of nitrogens with one attached hydrogen (secondary N) is 1. The van der Waals surface area contributed by atoms with Crippen molar-refractivity contribution in [3.8, 4) is 0 Å². The summed E-state index contributed by atoms with van der Waals surface area (Å²) >= 11 is 0. The molecule has 3 atom stereocenters. The fraction of sp³-hybridized carbons (Fsp3) is 0.923. The van der Waals surface area contributed by atoms with E-state index >= 15 is 0 Å². The minimum atomic E-state index is 0.131. The number of nitrogens with two attached hydrogens (primary N) is 1. The Hall–Kier alpha value is -0.810. The van der Waals surface area contributed by atoms with E-state index in [9.17, 15) is 0 Å². The van der Waals surface area contributed by atoms with Gasteiger partial charge in [-0.1, -0.05) is 13.8 Å². The van der Waals surface area contributed by atoms with Crippen LogP contribution in [0.5, 0.6) is 0 Å². The molecule has 0 aromatic carbocycles. The first-order chi connectivity index (χ1) is 8.57. The van der Waals surface area contributed by atoms with E-state index in [1.54, 1.807) is 7.11 Å². The van der Waals surface area contributed by atoms with Crippen LogP contribution in [0.3, 0.4) is 0 Å². The lowest BCUT2D eigenvalue weighted by Gasteiger charge is -2.60. The van der Waals surface area contributed by atoms with Crippen molar-refractivity contribution >= 4 is 5.96 Å². The van der Waals surface area contributed by atoms with Gasteiger partial charge in [-0.25, -0.2) is 0 Å². The largest absolute Gasteiger partial charge is 0.383 e. The molecule has 0 spiro atoms. The summed E-state index contributed by atoms with van der Waals surface area (Å²) in [4.78, 5) is 4.26. The molecule has 1 saturated carbocycles. The molecule has 1 aliphatic carbocycles. The Balaban J connectivity index is 1.90. The quantitative estimate of drug-likeness (QED) is 0.442. The minimum Gasteiger partial charge on any atom is -0.383 e. The maximum atomic E-state index is 5.91. The van der Waals surface area contributed by atoms with E-state index in [1.165, 1.54) is 6.42 Å². The Morgan fingerprint density at radius 2 is 2.33 bits per heavy atom. The van der Waals surface area contributed by atoms with Gasteiger partial charge in [0.2, 0.25) is 0 Å². The number of hydrogen-bond acceptors (Lipinski definition) is 3. The molecule has 0 bridgehead atoms. The summed E-state index contributed by atoms with van der Waals surface area (Å²) in [5, 5.41) is 3.36. The second-order valence-corrected chi connectivity index (χ2v) is 5.80. The molecule has 2 rings (SSSR count). The predicted molar refractivity (Wildman–Crippen MR) is 71.5 cm³/mol. The first-order valence-electron chi connectivity index (χ1n) is 6.74. The van der Waals surface area contributed by atoms with Crippen molar-refractivity contribution in [2.24, 2.45) is 22.1 Å². The first kappa shape index (κ1) is 13.6. The van der Waals surface area contributed by atoms with Crippen molar-refractivity contribution < 1.29 is 9.47 Å². The Labute approximate surface area is 109 Å². The molecule has 18 heavy (non-hydrogen) atoms. The number of methoxy groups -OCH3 is 1. The third-order valence-corrected chi connectivity index (χ3v) is 4.21. The zero-order valence-electron chi connectivity index (χ0n) is 11.6. The van der Waals surface area contributed by atoms with Gasteiger partial charge < -0.3 is 20.5 Å². The zero-order valence-corrected chi connectivity index (χ0v) is 11.6. The molecule has 3 unspecified atom stereocenters. The lowest BCUT2D eigenvalue weighted by molar-refractivity contribution is -0.188. The third kappa shape index (κ3) is 2.47. The number of ether oxygens (including phenoxy) is 2. The first-order valence-corrected chi connectivity index (χ1v) is 6.74. The lowest BCUT2D eigenvalue weighted by Crippen LogP contribution is -2.70. The molecule has 1 aliphatic heterocycles. The van der Waals surface area contributed by atoms with E-state index in [1.807, 2.05) is 0 Å². The van der Waals surface area contributed by atoms with Crippen LogP contribution in [0.4, 0.5) is 0 Å². The highest BCUT2D eigenvalue weighted by Crippen LogP contribution is 2.51. The Morgan fingerprint density at radius 1 is 1.56 bits per heavy atom. The zero-order chi connectivity index (χ0) is 13.2. The van der Waals surface area contributed by atoms with Gasteiger partial charge in [-0.15, -0.1) is 0 Å². The van der Waals surface area contributed by atoms with Crippen molar-refractivity contribution in [2.75, 3.05) is 26.9 Å². The van der Waals surface area contributed by atoms with E-state index < -0.39 is 0 Å². The van der Waals surface area contributed by atoms with Gasteiger partial charge in [0.15, 0.2) is 5.96 Å². The predicted octanol–water partition coefficient (Wildman–Crippen LogP) is 0.741. The highest BCUT2D eigenvalue weighted by molar-refractivity contribution is 5.78. The van der Waals surface area contributed by atoms with Crippen LogP contribution in [-0.2, 0) is 9.47 Å². The van der Waals surface area contributed by atoms with Crippen LogP contribution in [0.15, 0.2) is 4.99 Å². The Bertz CT molecular complexity index is 317. The van der Waals surface area contributed by atoms with Gasteiger partial charge in [0, 0.05) is 31.1 Å². The van der Waals surface area contributed by atoms with E-state index in [0.29, 0.717) is 37.2 Å². The van der Waals surface area contributed by atoms with Gasteiger partial charge in [0.1, 0.15) is 0 Å². The fourth-order valence-electron chi connectivity index (χ4n) is 3.28. The highest BCUT2D eigenvalue weighted by Gasteiger charge is 2.58. The molecule has 0 radical (unpaired) electrons. The number of hydrogen-bond donors (Lipinski definition) is 2. The van der Waals surface area contributed by atoms with Gasteiger partial charge >= 0.3 is 0 Å². The molecule has 1 saturated heterocycles. The Kier molecular flexibility index (Phi) is 4.12. The van der Waals surface area contributed by atoms with Gasteiger partial charge in [-0.05, 0) is 12.8 Å². The van der Waals surface area contributed by atoms with E-state index in [0.717, 1.165) is 13.0 Å². The average Bonchev–Trinajstić information content (AvgIpc) is 2.36. The van der Waals surface area contributed by atoms with Crippen molar-refractivity contribution in [1.82, 2.24) is 5.32 Å². The maximum absolute atomic E-state index is 5.91. The van der Waals surface area contributed by atoms with E-state index in [2.05, 4.69) is 24.2 Å². The molecule has 5 heteroatoms. The molecule has 104 valence electrons. The molecule has 2 fully saturated rings. The number of nitrogens with zero attached hydrogens (tertiary/aromatic N) is 1. The van der Waals surface area contributed by atoms with Crippen LogP contribution in [0.2, 0.25) is 0 Å². The molecule has 1 heterocycles. The highest BCUT2D eigenvalue weighted by atomic mass is 16.5. The van der Waals surface area contributed by atoms with Crippen LogP contribution in [0.1, 0.15) is 26.7 Å². The monoisotopic (exact) mass is 255 g/mol. The normalized spacial score (nSPS) is 34.6. The summed E-state index contributed by atoms with van der Waals surface area (Å²) in [6.07, 6.45) is 2.74. The van der Waals surface area contributed by atoms with Gasteiger partial charge in [0.25, 0.3) is 0 Å². The van der Waals surface area contributed by atoms with Crippen molar-refractivity contribution in [3.63, 3.8) is 0 Å². The van der Waals surface area contributed by atoms with Gasteiger partial charge in [0.05, 0.1) is 19.3 Å². The summed E-state index contributed by atoms with van der Waals surface area (Å²) in [5.74, 6) is 1.10. The van der Waals surface area contributed by atoms with Crippen molar-refractivity contribution in [3.05, 3.63) is 0 Å². The van der Waals surface area contributed by atoms with E-state index in [4.69, 9.17) is 15.2 Å².